The zero-order valence-corrected chi connectivity index (χ0v) is 11.2. The minimum Gasteiger partial charge on any atom is -0.496 e. The SMILES string of the molecule is COc1cccc(OC)c1-c1nc2cccc(N)c2o1. The molecule has 0 aliphatic carbocycles. The van der Waals surface area contributed by atoms with E-state index in [1.807, 2.05) is 30.3 Å². The zero-order chi connectivity index (χ0) is 14.1. The third kappa shape index (κ3) is 1.84. The van der Waals surface area contributed by atoms with Gasteiger partial charge in [-0.1, -0.05) is 12.1 Å². The van der Waals surface area contributed by atoms with Gasteiger partial charge in [0, 0.05) is 0 Å². The van der Waals surface area contributed by atoms with Crippen LogP contribution in [-0.4, -0.2) is 19.2 Å². The number of para-hydroxylation sites is 1. The monoisotopic (exact) mass is 270 g/mol. The topological polar surface area (TPSA) is 70.5 Å². The van der Waals surface area contributed by atoms with E-state index in [4.69, 9.17) is 19.6 Å². The molecule has 0 saturated carbocycles. The van der Waals surface area contributed by atoms with Gasteiger partial charge in [-0.2, -0.15) is 0 Å². The summed E-state index contributed by atoms with van der Waals surface area (Å²) in [5.74, 6) is 1.69. The molecule has 3 aromatic rings. The fourth-order valence-electron chi connectivity index (χ4n) is 2.14. The molecule has 0 radical (unpaired) electrons. The predicted molar refractivity (Wildman–Crippen MR) is 77.0 cm³/mol. The van der Waals surface area contributed by atoms with E-state index in [0.717, 1.165) is 0 Å². The molecule has 102 valence electrons. The minimum atomic E-state index is 0.423. The Kier molecular flexibility index (Phi) is 2.95. The van der Waals surface area contributed by atoms with Gasteiger partial charge in [-0.25, -0.2) is 4.98 Å². The largest absolute Gasteiger partial charge is 0.496 e. The van der Waals surface area contributed by atoms with Gasteiger partial charge in [-0.05, 0) is 24.3 Å². The Labute approximate surface area is 115 Å². The predicted octanol–water partition coefficient (Wildman–Crippen LogP) is 3.09. The van der Waals surface area contributed by atoms with E-state index >= 15 is 0 Å². The molecule has 0 aliphatic heterocycles. The third-order valence-electron chi connectivity index (χ3n) is 3.09. The van der Waals surface area contributed by atoms with E-state index in [1.54, 1.807) is 20.3 Å². The van der Waals surface area contributed by atoms with Crippen molar-refractivity contribution in [2.75, 3.05) is 20.0 Å². The van der Waals surface area contributed by atoms with E-state index in [9.17, 15) is 0 Å². The van der Waals surface area contributed by atoms with Crippen LogP contribution in [0.15, 0.2) is 40.8 Å². The fourth-order valence-corrected chi connectivity index (χ4v) is 2.14. The molecule has 0 saturated heterocycles. The number of oxazole rings is 1. The highest BCUT2D eigenvalue weighted by molar-refractivity contribution is 5.87. The van der Waals surface area contributed by atoms with Gasteiger partial charge >= 0.3 is 0 Å². The molecule has 0 fully saturated rings. The summed E-state index contributed by atoms with van der Waals surface area (Å²) in [5.41, 5.74) is 8.38. The van der Waals surface area contributed by atoms with Gasteiger partial charge in [0.15, 0.2) is 5.58 Å². The molecule has 3 rings (SSSR count). The van der Waals surface area contributed by atoms with Crippen molar-refractivity contribution in [3.05, 3.63) is 36.4 Å². The van der Waals surface area contributed by atoms with Crippen LogP contribution in [0.2, 0.25) is 0 Å². The minimum absolute atomic E-state index is 0.423. The number of anilines is 1. The van der Waals surface area contributed by atoms with Crippen molar-refractivity contribution in [3.8, 4) is 23.0 Å². The van der Waals surface area contributed by atoms with Gasteiger partial charge in [-0.15, -0.1) is 0 Å². The number of nitrogen functional groups attached to an aromatic ring is 1. The summed E-state index contributed by atoms with van der Waals surface area (Å²) < 4.78 is 16.5. The number of aromatic nitrogens is 1. The Morgan fingerprint density at radius 2 is 1.65 bits per heavy atom. The van der Waals surface area contributed by atoms with Gasteiger partial charge in [0.05, 0.1) is 19.9 Å². The van der Waals surface area contributed by atoms with Crippen molar-refractivity contribution < 1.29 is 13.9 Å². The number of fused-ring (bicyclic) bond motifs is 1. The Morgan fingerprint density at radius 3 is 2.25 bits per heavy atom. The van der Waals surface area contributed by atoms with Crippen LogP contribution in [0.3, 0.4) is 0 Å². The van der Waals surface area contributed by atoms with Crippen molar-refractivity contribution in [1.29, 1.82) is 0 Å². The Morgan fingerprint density at radius 1 is 1.00 bits per heavy atom. The fraction of sp³-hybridized carbons (Fsp3) is 0.133. The average Bonchev–Trinajstić information content (AvgIpc) is 2.91. The molecule has 1 aromatic heterocycles. The van der Waals surface area contributed by atoms with Gasteiger partial charge in [0.2, 0.25) is 5.89 Å². The van der Waals surface area contributed by atoms with Gasteiger partial charge in [0.1, 0.15) is 22.6 Å². The molecule has 5 nitrogen and oxygen atoms in total. The molecular formula is C15H14N2O3. The second-order valence-electron chi connectivity index (χ2n) is 4.25. The lowest BCUT2D eigenvalue weighted by molar-refractivity contribution is 0.394. The van der Waals surface area contributed by atoms with Crippen LogP contribution in [0.5, 0.6) is 11.5 Å². The molecule has 1 heterocycles. The second-order valence-corrected chi connectivity index (χ2v) is 4.25. The van der Waals surface area contributed by atoms with Crippen molar-refractivity contribution in [3.63, 3.8) is 0 Å². The summed E-state index contributed by atoms with van der Waals surface area (Å²) in [6.07, 6.45) is 0. The van der Waals surface area contributed by atoms with Crippen LogP contribution in [-0.2, 0) is 0 Å². The highest BCUT2D eigenvalue weighted by atomic mass is 16.5. The van der Waals surface area contributed by atoms with Crippen molar-refractivity contribution >= 4 is 16.8 Å². The summed E-state index contributed by atoms with van der Waals surface area (Å²) in [5, 5.41) is 0. The van der Waals surface area contributed by atoms with Crippen LogP contribution in [0, 0.1) is 0 Å². The van der Waals surface area contributed by atoms with E-state index in [2.05, 4.69) is 4.98 Å². The molecule has 0 amide bonds. The van der Waals surface area contributed by atoms with E-state index in [0.29, 0.717) is 39.7 Å². The Bertz CT molecular complexity index is 743. The Hall–Kier alpha value is -2.69. The van der Waals surface area contributed by atoms with Gasteiger partial charge in [0.25, 0.3) is 0 Å². The first kappa shape index (κ1) is 12.3. The number of methoxy groups -OCH3 is 2. The van der Waals surface area contributed by atoms with Crippen LogP contribution < -0.4 is 15.2 Å². The number of nitrogens with zero attached hydrogens (tertiary/aromatic N) is 1. The molecule has 0 atom stereocenters. The number of ether oxygens (including phenoxy) is 2. The molecule has 5 heteroatoms. The summed E-state index contributed by atoms with van der Waals surface area (Å²) in [7, 11) is 3.19. The number of rotatable bonds is 3. The summed E-state index contributed by atoms with van der Waals surface area (Å²) in [6, 6.07) is 11.0. The lowest BCUT2D eigenvalue weighted by atomic mass is 10.1. The number of nitrogens with two attached hydrogens (primary N) is 1. The molecule has 0 bridgehead atoms. The summed E-state index contributed by atoms with van der Waals surface area (Å²) in [6.45, 7) is 0. The molecule has 0 spiro atoms. The lowest BCUT2D eigenvalue weighted by Gasteiger charge is -2.09. The van der Waals surface area contributed by atoms with E-state index in [-0.39, 0.29) is 0 Å². The molecule has 0 unspecified atom stereocenters. The maximum absolute atomic E-state index is 5.89. The van der Waals surface area contributed by atoms with Gasteiger partial charge < -0.3 is 19.6 Å². The zero-order valence-electron chi connectivity index (χ0n) is 11.2. The highest BCUT2D eigenvalue weighted by Gasteiger charge is 2.18. The molecular weight excluding hydrogens is 256 g/mol. The maximum Gasteiger partial charge on any atom is 0.234 e. The summed E-state index contributed by atoms with van der Waals surface area (Å²) in [4.78, 5) is 4.45. The maximum atomic E-state index is 5.89. The number of hydrogen-bond donors (Lipinski definition) is 1. The number of hydrogen-bond acceptors (Lipinski definition) is 5. The molecule has 2 N–H and O–H groups in total. The first-order valence-electron chi connectivity index (χ1n) is 6.11. The normalized spacial score (nSPS) is 10.7. The van der Waals surface area contributed by atoms with Gasteiger partial charge in [-0.3, -0.25) is 0 Å². The smallest absolute Gasteiger partial charge is 0.234 e. The lowest BCUT2D eigenvalue weighted by Crippen LogP contribution is -1.92. The van der Waals surface area contributed by atoms with Crippen LogP contribution in [0.1, 0.15) is 0 Å². The highest BCUT2D eigenvalue weighted by Crippen LogP contribution is 2.39. The molecule has 20 heavy (non-hydrogen) atoms. The van der Waals surface area contributed by atoms with Crippen LogP contribution >= 0.6 is 0 Å². The number of benzene rings is 2. The van der Waals surface area contributed by atoms with Crippen molar-refractivity contribution in [2.24, 2.45) is 0 Å². The first-order chi connectivity index (χ1) is 9.74. The molecule has 0 aliphatic rings. The van der Waals surface area contributed by atoms with E-state index in [1.165, 1.54) is 0 Å². The van der Waals surface area contributed by atoms with E-state index < -0.39 is 0 Å². The van der Waals surface area contributed by atoms with Crippen molar-refractivity contribution in [2.45, 2.75) is 0 Å². The third-order valence-corrected chi connectivity index (χ3v) is 3.09. The standard InChI is InChI=1S/C15H14N2O3/c1-18-11-7-4-8-12(19-2)13(11)15-17-10-6-3-5-9(16)14(10)20-15/h3-8H,16H2,1-2H3. The molecule has 2 aromatic carbocycles. The second kappa shape index (κ2) is 4.77. The quantitative estimate of drug-likeness (QED) is 0.740. The van der Waals surface area contributed by atoms with Crippen molar-refractivity contribution in [1.82, 2.24) is 4.98 Å². The average molecular weight is 270 g/mol. The first-order valence-corrected chi connectivity index (χ1v) is 6.11. The summed E-state index contributed by atoms with van der Waals surface area (Å²) >= 11 is 0. The Balaban J connectivity index is 2.27. The van der Waals surface area contributed by atoms with Crippen LogP contribution in [0.4, 0.5) is 5.69 Å². The van der Waals surface area contributed by atoms with Crippen LogP contribution in [0.25, 0.3) is 22.6 Å².